The zero-order valence-electron chi connectivity index (χ0n) is 10.4. The first-order valence-corrected chi connectivity index (χ1v) is 7.24. The molecule has 0 radical (unpaired) electrons. The largest absolute Gasteiger partial charge is 0.465 e. The van der Waals surface area contributed by atoms with Crippen LogP contribution in [0.25, 0.3) is 0 Å². The molecule has 2 aliphatic heterocycles. The molecule has 2 N–H and O–H groups in total. The average Bonchev–Trinajstić information content (AvgIpc) is 3.19. The van der Waals surface area contributed by atoms with Gasteiger partial charge in [-0.15, -0.1) is 0 Å². The van der Waals surface area contributed by atoms with Gasteiger partial charge in [0, 0.05) is 12.1 Å². The van der Waals surface area contributed by atoms with Crippen molar-refractivity contribution in [1.82, 2.24) is 10.2 Å². The van der Waals surface area contributed by atoms with Crippen molar-refractivity contribution in [3.05, 3.63) is 17.0 Å². The molecular weight excluding hydrogens is 266 g/mol. The second-order valence-corrected chi connectivity index (χ2v) is 5.56. The molecule has 6 nitrogen and oxygen atoms in total. The van der Waals surface area contributed by atoms with Crippen LogP contribution in [-0.2, 0) is 4.79 Å². The van der Waals surface area contributed by atoms with Gasteiger partial charge in [-0.1, -0.05) is 11.8 Å². The SMILES string of the molecule is CSC1=NC2=C(CCN(C(=O)O)C23CC3)C(=C=O)N1. The smallest absolute Gasteiger partial charge is 0.408 e. The molecule has 0 atom stereocenters. The van der Waals surface area contributed by atoms with E-state index in [1.165, 1.54) is 16.7 Å². The molecule has 1 aliphatic carbocycles. The second-order valence-electron chi connectivity index (χ2n) is 4.77. The van der Waals surface area contributed by atoms with Gasteiger partial charge < -0.3 is 10.4 Å². The summed E-state index contributed by atoms with van der Waals surface area (Å²) in [6.07, 6.45) is 2.99. The summed E-state index contributed by atoms with van der Waals surface area (Å²) in [5, 5.41) is 12.9. The van der Waals surface area contributed by atoms with E-state index < -0.39 is 11.6 Å². The summed E-state index contributed by atoms with van der Waals surface area (Å²) in [6.45, 7) is 0.408. The number of nitrogens with one attached hydrogen (secondary N) is 1. The number of carbonyl (C=O) groups is 1. The lowest BCUT2D eigenvalue weighted by molar-refractivity contribution is 0.122. The summed E-state index contributed by atoms with van der Waals surface area (Å²) in [5.41, 5.74) is 1.46. The van der Waals surface area contributed by atoms with Crippen molar-refractivity contribution in [2.75, 3.05) is 12.8 Å². The molecule has 1 spiro atoms. The molecule has 0 unspecified atom stereocenters. The molecule has 100 valence electrons. The maximum Gasteiger partial charge on any atom is 0.408 e. The Morgan fingerprint density at radius 2 is 2.32 bits per heavy atom. The average molecular weight is 279 g/mol. The summed E-state index contributed by atoms with van der Waals surface area (Å²) in [7, 11) is 0. The minimum Gasteiger partial charge on any atom is -0.465 e. The van der Waals surface area contributed by atoms with Crippen molar-refractivity contribution in [2.24, 2.45) is 4.99 Å². The molecule has 3 aliphatic rings. The number of fused-ring (bicyclic) bond motifs is 1. The molecule has 0 bridgehead atoms. The van der Waals surface area contributed by atoms with E-state index in [-0.39, 0.29) is 0 Å². The van der Waals surface area contributed by atoms with Crippen LogP contribution in [0.15, 0.2) is 22.0 Å². The lowest BCUT2D eigenvalue weighted by atomic mass is 9.94. The molecule has 1 saturated carbocycles. The third kappa shape index (κ3) is 1.69. The highest BCUT2D eigenvalue weighted by Crippen LogP contribution is 2.53. The number of rotatable bonds is 0. The predicted molar refractivity (Wildman–Crippen MR) is 71.6 cm³/mol. The summed E-state index contributed by atoms with van der Waals surface area (Å²) >= 11 is 1.40. The van der Waals surface area contributed by atoms with Gasteiger partial charge in [0.2, 0.25) is 0 Å². The van der Waals surface area contributed by atoms with E-state index in [0.29, 0.717) is 23.8 Å². The van der Waals surface area contributed by atoms with E-state index in [1.807, 2.05) is 12.2 Å². The Balaban J connectivity index is 2.12. The number of thioether (sulfide) groups is 1. The number of carboxylic acid groups (broad SMARTS) is 1. The third-order valence-corrected chi connectivity index (χ3v) is 4.41. The van der Waals surface area contributed by atoms with Crippen LogP contribution in [0.4, 0.5) is 4.79 Å². The number of hydrogen-bond acceptors (Lipinski definition) is 5. The molecule has 19 heavy (non-hydrogen) atoms. The lowest BCUT2D eigenvalue weighted by Gasteiger charge is -2.38. The number of amides is 1. The Kier molecular flexibility index (Phi) is 2.69. The summed E-state index contributed by atoms with van der Waals surface area (Å²) < 4.78 is 0. The van der Waals surface area contributed by atoms with Crippen molar-refractivity contribution in [3.8, 4) is 0 Å². The van der Waals surface area contributed by atoms with E-state index in [9.17, 15) is 14.7 Å². The number of nitrogens with zero attached hydrogens (tertiary/aromatic N) is 2. The van der Waals surface area contributed by atoms with E-state index in [4.69, 9.17) is 0 Å². The molecule has 1 amide bonds. The topological polar surface area (TPSA) is 82.0 Å². The third-order valence-electron chi connectivity index (χ3n) is 3.83. The van der Waals surface area contributed by atoms with Gasteiger partial charge in [0.15, 0.2) is 11.1 Å². The maximum absolute atomic E-state index is 11.3. The van der Waals surface area contributed by atoms with Crippen molar-refractivity contribution in [3.63, 3.8) is 0 Å². The molecule has 3 rings (SSSR count). The molecule has 0 aromatic carbocycles. The second kappa shape index (κ2) is 4.15. The highest BCUT2D eigenvalue weighted by Gasteiger charge is 2.57. The van der Waals surface area contributed by atoms with Crippen molar-refractivity contribution >= 4 is 29.0 Å². The van der Waals surface area contributed by atoms with Crippen LogP contribution in [0.5, 0.6) is 0 Å². The van der Waals surface area contributed by atoms with Crippen LogP contribution >= 0.6 is 11.8 Å². The van der Waals surface area contributed by atoms with E-state index in [0.717, 1.165) is 24.1 Å². The Hall–Kier alpha value is -1.72. The van der Waals surface area contributed by atoms with Gasteiger partial charge in [-0.25, -0.2) is 14.6 Å². The predicted octanol–water partition coefficient (Wildman–Crippen LogP) is 1.19. The first-order valence-electron chi connectivity index (χ1n) is 6.02. The number of carbonyl (C=O) groups excluding carboxylic acids is 1. The van der Waals surface area contributed by atoms with Crippen LogP contribution in [-0.4, -0.2) is 45.5 Å². The highest BCUT2D eigenvalue weighted by molar-refractivity contribution is 8.13. The van der Waals surface area contributed by atoms with Crippen molar-refractivity contribution in [1.29, 1.82) is 0 Å². The summed E-state index contributed by atoms with van der Waals surface area (Å²) in [6, 6.07) is 0. The van der Waals surface area contributed by atoms with Gasteiger partial charge in [-0.3, -0.25) is 4.90 Å². The number of allylic oxidation sites excluding steroid dienone is 1. The summed E-state index contributed by atoms with van der Waals surface area (Å²) in [4.78, 5) is 28.4. The normalized spacial score (nSPS) is 23.5. The Labute approximate surface area is 114 Å². The Morgan fingerprint density at radius 1 is 1.58 bits per heavy atom. The van der Waals surface area contributed by atoms with Gasteiger partial charge in [-0.05, 0) is 25.5 Å². The molecule has 0 aromatic heterocycles. The van der Waals surface area contributed by atoms with Gasteiger partial charge in [-0.2, -0.15) is 0 Å². The lowest BCUT2D eigenvalue weighted by Crippen LogP contribution is -2.48. The maximum atomic E-state index is 11.3. The van der Waals surface area contributed by atoms with Gasteiger partial charge in [0.25, 0.3) is 0 Å². The first-order chi connectivity index (χ1) is 9.12. The molecule has 1 fully saturated rings. The standard InChI is InChI=1S/C12H13N3O3S/c1-19-10-13-8(6-16)7-2-5-15(11(17)18)12(3-4-12)9(7)14-10/h2-5H2,1H3,(H,13,14)(H,17,18). The van der Waals surface area contributed by atoms with Crippen LogP contribution in [0.1, 0.15) is 19.3 Å². The number of hydrogen-bond donors (Lipinski definition) is 2. The number of amidine groups is 1. The van der Waals surface area contributed by atoms with E-state index in [2.05, 4.69) is 10.3 Å². The van der Waals surface area contributed by atoms with Crippen molar-refractivity contribution in [2.45, 2.75) is 24.8 Å². The van der Waals surface area contributed by atoms with Crippen LogP contribution in [0.3, 0.4) is 0 Å². The van der Waals surface area contributed by atoms with Gasteiger partial charge in [0.1, 0.15) is 5.70 Å². The Bertz CT molecular complexity index is 571. The molecule has 7 heteroatoms. The summed E-state index contributed by atoms with van der Waals surface area (Å²) in [5.74, 6) is 1.91. The molecule has 0 saturated heterocycles. The van der Waals surface area contributed by atoms with E-state index in [1.54, 1.807) is 0 Å². The molecule has 0 aromatic rings. The number of aliphatic imine (C=N–C) groups is 1. The fourth-order valence-electron chi connectivity index (χ4n) is 2.78. The first kappa shape index (κ1) is 12.3. The zero-order valence-corrected chi connectivity index (χ0v) is 11.2. The molecule has 2 heterocycles. The zero-order chi connectivity index (χ0) is 13.6. The Morgan fingerprint density at radius 3 is 2.84 bits per heavy atom. The highest BCUT2D eigenvalue weighted by atomic mass is 32.2. The fraction of sp³-hybridized carbons (Fsp3) is 0.500. The van der Waals surface area contributed by atoms with Crippen LogP contribution in [0.2, 0.25) is 0 Å². The van der Waals surface area contributed by atoms with Gasteiger partial charge in [0.05, 0.1) is 11.2 Å². The minimum absolute atomic E-state index is 0.408. The van der Waals surface area contributed by atoms with E-state index >= 15 is 0 Å². The quantitative estimate of drug-likeness (QED) is 0.651. The minimum atomic E-state index is -0.917. The van der Waals surface area contributed by atoms with Crippen LogP contribution in [0, 0.1) is 0 Å². The van der Waals surface area contributed by atoms with Crippen LogP contribution < -0.4 is 5.32 Å². The van der Waals surface area contributed by atoms with Gasteiger partial charge >= 0.3 is 6.09 Å². The molecular formula is C12H13N3O3S. The monoisotopic (exact) mass is 279 g/mol. The fourth-order valence-corrected chi connectivity index (χ4v) is 3.17. The van der Waals surface area contributed by atoms with Crippen molar-refractivity contribution < 1.29 is 14.7 Å².